The molecule has 0 amide bonds. The fourth-order valence-corrected chi connectivity index (χ4v) is 6.98. The third-order valence-electron chi connectivity index (χ3n) is 9.31. The third kappa shape index (κ3) is 6.07. The van der Waals surface area contributed by atoms with Crippen molar-refractivity contribution in [3.8, 4) is 11.5 Å². The van der Waals surface area contributed by atoms with Crippen LogP contribution in [0.2, 0.25) is 0 Å². The van der Waals surface area contributed by atoms with Gasteiger partial charge >= 0.3 is 5.97 Å². The number of esters is 1. The van der Waals surface area contributed by atoms with Gasteiger partial charge in [0.1, 0.15) is 11.5 Å². The SMILES string of the molecule is COC(=O)[C@](OCc1c2ccccc2cc2ccccc12)(c1ccc(OC)cc1)[C@@H](Nc1ccc(OC)cc1)C1CCCCC1. The Hall–Kier alpha value is -4.55. The minimum atomic E-state index is -1.47. The molecule has 6 rings (SSSR count). The van der Waals surface area contributed by atoms with Gasteiger partial charge in [0.2, 0.25) is 5.60 Å². The normalized spacial score (nSPS) is 15.7. The molecule has 1 N–H and O–H groups in total. The first-order valence-corrected chi connectivity index (χ1v) is 15.7. The van der Waals surface area contributed by atoms with Crippen molar-refractivity contribution in [3.05, 3.63) is 114 Å². The van der Waals surface area contributed by atoms with Crippen molar-refractivity contribution in [1.29, 1.82) is 0 Å². The van der Waals surface area contributed by atoms with Crippen LogP contribution in [0.3, 0.4) is 0 Å². The molecule has 1 saturated carbocycles. The van der Waals surface area contributed by atoms with Gasteiger partial charge in [-0.1, -0.05) is 79.9 Å². The predicted octanol–water partition coefficient (Wildman–Crippen LogP) is 8.66. The van der Waals surface area contributed by atoms with Crippen LogP contribution in [0.15, 0.2) is 103 Å². The zero-order chi connectivity index (χ0) is 31.2. The number of carbonyl (C=O) groups excluding carboxylic acids is 1. The molecule has 1 aliphatic rings. The van der Waals surface area contributed by atoms with Crippen LogP contribution in [-0.2, 0) is 26.5 Å². The van der Waals surface area contributed by atoms with E-state index in [1.807, 2.05) is 60.7 Å². The number of rotatable bonds is 11. The van der Waals surface area contributed by atoms with Crippen molar-refractivity contribution >= 4 is 33.2 Å². The highest BCUT2D eigenvalue weighted by Gasteiger charge is 2.53. The Balaban J connectivity index is 1.53. The van der Waals surface area contributed by atoms with Crippen molar-refractivity contribution in [2.45, 2.75) is 50.4 Å². The standard InChI is InChI=1S/C39H41NO5/c1-42-32-21-17-30(18-22-32)39(38(41)44-3,37(27-11-5-4-6-12-27)40-31-19-23-33(43-2)24-20-31)45-26-36-34-15-9-7-13-28(34)25-29-14-8-10-16-35(29)36/h7-10,13-25,27,37,40H,4-6,11-12,26H2,1-3H3/t37-,39-/m0/s1. The predicted molar refractivity (Wildman–Crippen MR) is 180 cm³/mol. The molecule has 2 atom stereocenters. The van der Waals surface area contributed by atoms with Gasteiger partial charge in [0, 0.05) is 5.69 Å². The van der Waals surface area contributed by atoms with E-state index in [0.29, 0.717) is 5.75 Å². The molecular weight excluding hydrogens is 562 g/mol. The zero-order valence-corrected chi connectivity index (χ0v) is 26.3. The lowest BCUT2D eigenvalue weighted by atomic mass is 9.73. The summed E-state index contributed by atoms with van der Waals surface area (Å²) in [5.41, 5.74) is 1.17. The van der Waals surface area contributed by atoms with E-state index in [-0.39, 0.29) is 12.5 Å². The lowest BCUT2D eigenvalue weighted by molar-refractivity contribution is -0.179. The molecule has 232 valence electrons. The Morgan fingerprint density at radius 1 is 0.756 bits per heavy atom. The molecule has 0 aliphatic heterocycles. The lowest BCUT2D eigenvalue weighted by Gasteiger charge is -2.44. The molecule has 5 aromatic rings. The van der Waals surface area contributed by atoms with Crippen LogP contribution in [0.25, 0.3) is 21.5 Å². The van der Waals surface area contributed by atoms with Gasteiger partial charge in [0.05, 0.1) is 34.0 Å². The van der Waals surface area contributed by atoms with E-state index in [0.717, 1.165) is 69.8 Å². The van der Waals surface area contributed by atoms with Crippen LogP contribution in [0, 0.1) is 5.92 Å². The second kappa shape index (κ2) is 13.6. The molecule has 0 saturated heterocycles. The first kappa shape index (κ1) is 30.5. The second-order valence-electron chi connectivity index (χ2n) is 11.8. The van der Waals surface area contributed by atoms with E-state index in [2.05, 4.69) is 47.8 Å². The number of carbonyl (C=O) groups is 1. The van der Waals surface area contributed by atoms with E-state index in [1.54, 1.807) is 14.2 Å². The van der Waals surface area contributed by atoms with Gasteiger partial charge < -0.3 is 24.3 Å². The summed E-state index contributed by atoms with van der Waals surface area (Å²) in [6.45, 7) is 0.205. The number of hydrogen-bond acceptors (Lipinski definition) is 6. The average molecular weight is 604 g/mol. The smallest absolute Gasteiger partial charge is 0.345 e. The van der Waals surface area contributed by atoms with Crippen LogP contribution in [0.4, 0.5) is 5.69 Å². The number of anilines is 1. The Morgan fingerprint density at radius 3 is 1.87 bits per heavy atom. The summed E-state index contributed by atoms with van der Waals surface area (Å²) < 4.78 is 23.8. The summed E-state index contributed by atoms with van der Waals surface area (Å²) in [4.78, 5) is 14.5. The molecule has 5 aromatic carbocycles. The monoisotopic (exact) mass is 603 g/mol. The Kier molecular flexibility index (Phi) is 9.22. The van der Waals surface area contributed by atoms with Crippen molar-refractivity contribution < 1.29 is 23.7 Å². The van der Waals surface area contributed by atoms with Crippen molar-refractivity contribution in [2.24, 2.45) is 5.92 Å². The Bertz CT molecular complexity index is 1690. The topological polar surface area (TPSA) is 66.0 Å². The second-order valence-corrected chi connectivity index (χ2v) is 11.8. The van der Waals surface area contributed by atoms with Gasteiger partial charge in [-0.15, -0.1) is 0 Å². The van der Waals surface area contributed by atoms with E-state index in [9.17, 15) is 4.79 Å². The van der Waals surface area contributed by atoms with Gasteiger partial charge in [-0.3, -0.25) is 0 Å². The molecule has 45 heavy (non-hydrogen) atoms. The first-order chi connectivity index (χ1) is 22.1. The molecule has 0 bridgehead atoms. The fraction of sp³-hybridized carbons (Fsp3) is 0.308. The molecule has 0 spiro atoms. The molecule has 1 fully saturated rings. The molecule has 1 aliphatic carbocycles. The van der Waals surface area contributed by atoms with Crippen molar-refractivity contribution in [3.63, 3.8) is 0 Å². The van der Waals surface area contributed by atoms with Gasteiger partial charge in [0.15, 0.2) is 0 Å². The lowest BCUT2D eigenvalue weighted by Crippen LogP contribution is -2.56. The van der Waals surface area contributed by atoms with E-state index in [1.165, 1.54) is 13.5 Å². The number of methoxy groups -OCH3 is 3. The average Bonchev–Trinajstić information content (AvgIpc) is 3.11. The summed E-state index contributed by atoms with van der Waals surface area (Å²) in [7, 11) is 4.74. The number of nitrogens with one attached hydrogen (secondary N) is 1. The summed E-state index contributed by atoms with van der Waals surface area (Å²) in [6.07, 6.45) is 5.33. The highest BCUT2D eigenvalue weighted by atomic mass is 16.6. The fourth-order valence-electron chi connectivity index (χ4n) is 6.98. The molecule has 0 aromatic heterocycles. The van der Waals surface area contributed by atoms with Crippen LogP contribution in [0.5, 0.6) is 11.5 Å². The minimum Gasteiger partial charge on any atom is -0.497 e. The molecule has 0 radical (unpaired) electrons. The van der Waals surface area contributed by atoms with Crippen molar-refractivity contribution in [2.75, 3.05) is 26.6 Å². The molecule has 0 unspecified atom stereocenters. The van der Waals surface area contributed by atoms with Crippen molar-refractivity contribution in [1.82, 2.24) is 0 Å². The summed E-state index contributed by atoms with van der Waals surface area (Å²) >= 11 is 0. The molecule has 0 heterocycles. The molecular formula is C39H41NO5. The third-order valence-corrected chi connectivity index (χ3v) is 9.31. The number of ether oxygens (including phenoxy) is 4. The van der Waals surface area contributed by atoms with Gasteiger partial charge in [-0.05, 0) is 93.9 Å². The number of fused-ring (bicyclic) bond motifs is 2. The summed E-state index contributed by atoms with van der Waals surface area (Å²) in [6, 6.07) is 34.0. The quantitative estimate of drug-likeness (QED) is 0.120. The van der Waals surface area contributed by atoms with E-state index in [4.69, 9.17) is 18.9 Å². The van der Waals surface area contributed by atoms with Gasteiger partial charge in [-0.25, -0.2) is 4.79 Å². The van der Waals surface area contributed by atoms with Gasteiger partial charge in [-0.2, -0.15) is 0 Å². The maximum atomic E-state index is 14.5. The van der Waals surface area contributed by atoms with Gasteiger partial charge in [0.25, 0.3) is 0 Å². The molecule has 6 nitrogen and oxygen atoms in total. The van der Waals surface area contributed by atoms with Crippen LogP contribution < -0.4 is 14.8 Å². The first-order valence-electron chi connectivity index (χ1n) is 15.7. The van der Waals surface area contributed by atoms with Crippen LogP contribution in [0.1, 0.15) is 43.2 Å². The van der Waals surface area contributed by atoms with Crippen LogP contribution in [-0.4, -0.2) is 33.3 Å². The maximum Gasteiger partial charge on any atom is 0.345 e. The molecule has 6 heteroatoms. The summed E-state index contributed by atoms with van der Waals surface area (Å²) in [5.74, 6) is 1.19. The Labute approximate surface area is 265 Å². The highest BCUT2D eigenvalue weighted by molar-refractivity contribution is 6.02. The summed E-state index contributed by atoms with van der Waals surface area (Å²) in [5, 5.41) is 8.24. The highest BCUT2D eigenvalue weighted by Crippen LogP contribution is 2.43. The van der Waals surface area contributed by atoms with E-state index < -0.39 is 17.6 Å². The largest absolute Gasteiger partial charge is 0.497 e. The Morgan fingerprint density at radius 2 is 1.31 bits per heavy atom. The number of benzene rings is 5. The minimum absolute atomic E-state index is 0.159. The zero-order valence-electron chi connectivity index (χ0n) is 26.3. The van der Waals surface area contributed by atoms with Crippen LogP contribution >= 0.6 is 0 Å². The van der Waals surface area contributed by atoms with E-state index >= 15 is 0 Å². The maximum absolute atomic E-state index is 14.5. The number of hydrogen-bond donors (Lipinski definition) is 1.